The van der Waals surface area contributed by atoms with E-state index in [1.54, 1.807) is 20.3 Å². The van der Waals surface area contributed by atoms with Crippen molar-refractivity contribution in [3.8, 4) is 11.5 Å². The molecule has 7 heteroatoms. The third kappa shape index (κ3) is 5.17. The fourth-order valence-corrected chi connectivity index (χ4v) is 3.34. The van der Waals surface area contributed by atoms with Gasteiger partial charge in [0.2, 0.25) is 11.8 Å². The van der Waals surface area contributed by atoms with Gasteiger partial charge in [0.15, 0.2) is 11.5 Å². The lowest BCUT2D eigenvalue weighted by Crippen LogP contribution is -2.29. The van der Waals surface area contributed by atoms with Crippen LogP contribution in [0.4, 0.5) is 0 Å². The van der Waals surface area contributed by atoms with Crippen LogP contribution >= 0.6 is 0 Å². The molecule has 1 N–H and O–H groups in total. The Balaban J connectivity index is 1.51. The molecule has 0 aliphatic carbocycles. The van der Waals surface area contributed by atoms with Crippen molar-refractivity contribution in [1.82, 2.24) is 10.3 Å². The van der Waals surface area contributed by atoms with Gasteiger partial charge < -0.3 is 14.8 Å². The summed E-state index contributed by atoms with van der Waals surface area (Å²) < 4.78 is 10.5. The number of hydrogen-bond donors (Lipinski definition) is 1. The number of carbonyl (C=O) groups excluding carboxylic acids is 2. The number of nitrogens with one attached hydrogen (secondary N) is 1. The minimum atomic E-state index is -0.220. The van der Waals surface area contributed by atoms with Gasteiger partial charge in [-0.15, -0.1) is 0 Å². The molecule has 2 aromatic carbocycles. The first-order chi connectivity index (χ1) is 14.5. The van der Waals surface area contributed by atoms with Gasteiger partial charge in [-0.25, -0.2) is 5.01 Å². The molecule has 0 saturated heterocycles. The normalized spacial score (nSPS) is 14.1. The van der Waals surface area contributed by atoms with E-state index in [2.05, 4.69) is 10.4 Å². The summed E-state index contributed by atoms with van der Waals surface area (Å²) in [4.78, 5) is 24.8. The number of rotatable bonds is 8. The van der Waals surface area contributed by atoms with Crippen molar-refractivity contribution in [1.29, 1.82) is 0 Å². The highest BCUT2D eigenvalue weighted by Crippen LogP contribution is 2.29. The second-order valence-electron chi connectivity index (χ2n) is 7.08. The number of amides is 2. The molecule has 1 aliphatic rings. The number of benzene rings is 2. The Morgan fingerprint density at radius 1 is 1.07 bits per heavy atom. The maximum Gasteiger partial charge on any atom is 0.243 e. The summed E-state index contributed by atoms with van der Waals surface area (Å²) in [6, 6.07) is 15.1. The highest BCUT2D eigenvalue weighted by molar-refractivity contribution is 6.02. The molecule has 2 amide bonds. The second-order valence-corrected chi connectivity index (χ2v) is 7.08. The van der Waals surface area contributed by atoms with E-state index < -0.39 is 0 Å². The Morgan fingerprint density at radius 3 is 2.50 bits per heavy atom. The molecular formula is C23H27N3O4. The number of hydrogen-bond acceptors (Lipinski definition) is 5. The van der Waals surface area contributed by atoms with Crippen molar-refractivity contribution in [3.63, 3.8) is 0 Å². The summed E-state index contributed by atoms with van der Waals surface area (Å²) in [6.07, 6.45) is 0.956. The molecule has 1 unspecified atom stereocenters. The number of ether oxygens (including phenoxy) is 2. The lowest BCUT2D eigenvalue weighted by atomic mass is 10.1. The lowest BCUT2D eigenvalue weighted by molar-refractivity contribution is -0.133. The van der Waals surface area contributed by atoms with Crippen molar-refractivity contribution in [3.05, 3.63) is 59.7 Å². The summed E-state index contributed by atoms with van der Waals surface area (Å²) in [5, 5.41) is 8.81. The molecule has 0 fully saturated rings. The average molecular weight is 409 g/mol. The van der Waals surface area contributed by atoms with E-state index in [9.17, 15) is 9.59 Å². The number of methoxy groups -OCH3 is 2. The molecule has 1 aliphatic heterocycles. The standard InChI is InChI=1S/C23H27N3O4/c1-16(18-9-10-20(29-2)21(15-18)30-3)24-22(27)11-12-23(28)26-14-13-19(25-26)17-7-5-4-6-8-17/h4-10,15-16H,11-14H2,1-3H3,(H,24,27). The van der Waals surface area contributed by atoms with Gasteiger partial charge in [-0.2, -0.15) is 5.10 Å². The van der Waals surface area contributed by atoms with E-state index in [1.165, 1.54) is 5.01 Å². The molecular weight excluding hydrogens is 382 g/mol. The first-order valence-corrected chi connectivity index (χ1v) is 9.96. The maximum atomic E-state index is 12.4. The Morgan fingerprint density at radius 2 is 1.80 bits per heavy atom. The maximum absolute atomic E-state index is 12.4. The van der Waals surface area contributed by atoms with Crippen LogP contribution in [-0.2, 0) is 9.59 Å². The predicted molar refractivity (Wildman–Crippen MR) is 115 cm³/mol. The fourth-order valence-electron chi connectivity index (χ4n) is 3.34. The van der Waals surface area contributed by atoms with Crippen molar-refractivity contribution >= 4 is 17.5 Å². The van der Waals surface area contributed by atoms with Crippen LogP contribution in [0.2, 0.25) is 0 Å². The summed E-state index contributed by atoms with van der Waals surface area (Å²) in [6.45, 7) is 2.44. The van der Waals surface area contributed by atoms with E-state index in [1.807, 2.05) is 49.4 Å². The Kier molecular flexibility index (Phi) is 7.06. The Bertz CT molecular complexity index is 927. The SMILES string of the molecule is COc1ccc(C(C)NC(=O)CCC(=O)N2CCC(c3ccccc3)=N2)cc1OC. The van der Waals surface area contributed by atoms with E-state index in [4.69, 9.17) is 9.47 Å². The molecule has 0 radical (unpaired) electrons. The van der Waals surface area contributed by atoms with Crippen molar-refractivity contribution < 1.29 is 19.1 Å². The molecule has 0 saturated carbocycles. The van der Waals surface area contributed by atoms with Crippen molar-refractivity contribution in [2.24, 2.45) is 5.10 Å². The van der Waals surface area contributed by atoms with Crippen LogP contribution in [0.1, 0.15) is 43.4 Å². The van der Waals surface area contributed by atoms with Crippen molar-refractivity contribution in [2.75, 3.05) is 20.8 Å². The second kappa shape index (κ2) is 9.91. The molecule has 1 heterocycles. The highest BCUT2D eigenvalue weighted by Gasteiger charge is 2.22. The van der Waals surface area contributed by atoms with E-state index in [0.29, 0.717) is 18.0 Å². The van der Waals surface area contributed by atoms with Gasteiger partial charge in [0.05, 0.1) is 32.5 Å². The highest BCUT2D eigenvalue weighted by atomic mass is 16.5. The van der Waals surface area contributed by atoms with Gasteiger partial charge in [-0.05, 0) is 30.2 Å². The van der Waals surface area contributed by atoms with Crippen LogP contribution < -0.4 is 14.8 Å². The fraction of sp³-hybridized carbons (Fsp3) is 0.348. The van der Waals surface area contributed by atoms with Gasteiger partial charge in [-0.3, -0.25) is 9.59 Å². The van der Waals surface area contributed by atoms with E-state index in [-0.39, 0.29) is 30.7 Å². The van der Waals surface area contributed by atoms with Crippen LogP contribution in [-0.4, -0.2) is 43.3 Å². The zero-order valence-corrected chi connectivity index (χ0v) is 17.6. The molecule has 0 aromatic heterocycles. The van der Waals surface area contributed by atoms with Gasteiger partial charge in [-0.1, -0.05) is 36.4 Å². The molecule has 2 aromatic rings. The zero-order valence-electron chi connectivity index (χ0n) is 17.6. The monoisotopic (exact) mass is 409 g/mol. The summed E-state index contributed by atoms with van der Waals surface area (Å²) >= 11 is 0. The van der Waals surface area contributed by atoms with Crippen molar-refractivity contribution in [2.45, 2.75) is 32.2 Å². The molecule has 7 nitrogen and oxygen atoms in total. The Hall–Kier alpha value is -3.35. The van der Waals surface area contributed by atoms with Crippen LogP contribution in [0.25, 0.3) is 0 Å². The summed E-state index contributed by atoms with van der Waals surface area (Å²) in [5.74, 6) is 0.908. The van der Waals surface area contributed by atoms with Crippen LogP contribution in [0, 0.1) is 0 Å². The Labute approximate surface area is 176 Å². The molecule has 1 atom stereocenters. The molecule has 158 valence electrons. The van der Waals surface area contributed by atoms with Crippen LogP contribution in [0.15, 0.2) is 53.6 Å². The molecule has 3 rings (SSSR count). The third-order valence-electron chi connectivity index (χ3n) is 5.05. The largest absolute Gasteiger partial charge is 0.493 e. The zero-order chi connectivity index (χ0) is 21.5. The molecule has 30 heavy (non-hydrogen) atoms. The number of carbonyl (C=O) groups is 2. The predicted octanol–water partition coefficient (Wildman–Crippen LogP) is 3.30. The first kappa shape index (κ1) is 21.4. The van der Waals surface area contributed by atoms with Gasteiger partial charge in [0.1, 0.15) is 0 Å². The van der Waals surface area contributed by atoms with Gasteiger partial charge in [0.25, 0.3) is 0 Å². The van der Waals surface area contributed by atoms with Gasteiger partial charge >= 0.3 is 0 Å². The van der Waals surface area contributed by atoms with Crippen LogP contribution in [0.3, 0.4) is 0 Å². The van der Waals surface area contributed by atoms with E-state index in [0.717, 1.165) is 23.3 Å². The topological polar surface area (TPSA) is 80.2 Å². The smallest absolute Gasteiger partial charge is 0.243 e. The first-order valence-electron chi connectivity index (χ1n) is 9.96. The summed E-state index contributed by atoms with van der Waals surface area (Å²) in [7, 11) is 3.15. The molecule has 0 bridgehead atoms. The lowest BCUT2D eigenvalue weighted by Gasteiger charge is -2.17. The van der Waals surface area contributed by atoms with E-state index >= 15 is 0 Å². The minimum Gasteiger partial charge on any atom is -0.493 e. The minimum absolute atomic E-state index is 0.114. The quantitative estimate of drug-likeness (QED) is 0.725. The average Bonchev–Trinajstić information content (AvgIpc) is 3.28. The number of hydrazone groups is 1. The summed E-state index contributed by atoms with van der Waals surface area (Å²) in [5.41, 5.74) is 2.81. The molecule has 0 spiro atoms. The van der Waals surface area contributed by atoms with Gasteiger partial charge in [0, 0.05) is 19.3 Å². The third-order valence-corrected chi connectivity index (χ3v) is 5.05. The van der Waals surface area contributed by atoms with Crippen LogP contribution in [0.5, 0.6) is 11.5 Å². The number of nitrogens with zero attached hydrogens (tertiary/aromatic N) is 2.